The van der Waals surface area contributed by atoms with Crippen LogP contribution in [0.25, 0.3) is 55.9 Å². The van der Waals surface area contributed by atoms with Crippen LogP contribution in [-0.4, -0.2) is 71.8 Å². The molecule has 11 rings (SSSR count). The number of rotatable bonds is 14. The number of benzene rings is 6. The molecule has 0 aliphatic carbocycles. The van der Waals surface area contributed by atoms with E-state index in [0.717, 1.165) is 50.2 Å². The molecule has 3 N–H and O–H groups in total. The molecular weight excluding hydrogens is 1220 g/mol. The maximum Gasteiger partial charge on any atom is 1.00 e. The van der Waals surface area contributed by atoms with E-state index in [1.165, 1.54) is 30.7 Å². The van der Waals surface area contributed by atoms with Gasteiger partial charge in [-0.3, -0.25) is 34.3 Å². The van der Waals surface area contributed by atoms with Crippen molar-refractivity contribution in [1.82, 2.24) is 24.9 Å². The number of carbonyl (C=O) groups is 6. The molecule has 6 aromatic carbocycles. The van der Waals surface area contributed by atoms with Gasteiger partial charge in [-0.05, 0) is 166 Å². The number of carbonyl (C=O) groups excluding carboxylic acids is 6. The van der Waals surface area contributed by atoms with Gasteiger partial charge in [0.25, 0.3) is 17.7 Å². The third kappa shape index (κ3) is 19.4. The third-order valence-corrected chi connectivity index (χ3v) is 13.8. The first-order chi connectivity index (χ1) is 44.6. The Morgan fingerprint density at radius 1 is 0.372 bits per heavy atom. The third-order valence-electron chi connectivity index (χ3n) is 13.6. The average Bonchev–Trinajstić information content (AvgIpc) is 0.859. The SMILES string of the molecule is CC(C)(C)OC(=O)c1ccc(-c2ccccc2)cc1NC(=O)c1ccc(-c2ccncc2)nc1.CC(C)(C)OC(=O)c1ccc(-c2ccccc2)cc1NC(=O)c1ccc(Cl)nc1.O=C(Nc1cc(-c2ccccc2)ccc1C(=O)[O-])c1ccc(-c2ccncc2)nc1.[Na+]. The second-order valence-electron chi connectivity index (χ2n) is 22.7. The zero-order valence-corrected chi connectivity index (χ0v) is 55.2. The summed E-state index contributed by atoms with van der Waals surface area (Å²) >= 11 is 5.79. The minimum Gasteiger partial charge on any atom is -0.545 e. The number of aromatic carboxylic acids is 1. The maximum atomic E-state index is 13.1. The molecule has 5 aromatic heterocycles. The number of nitrogens with zero attached hydrogens (tertiary/aromatic N) is 5. The van der Waals surface area contributed by atoms with E-state index in [9.17, 15) is 33.9 Å². The number of esters is 2. The standard InChI is InChI=1S/C28H25N3O3.C24H17N3O3.C23H21ClN2O3.Na/c1-28(2,3)34-27(33)23-11-9-21(19-7-5-4-6-8-19)17-25(23)31-26(32)22-10-12-24(30-18-22)20-13-15-29-16-14-20;28-23(19-7-9-21(26-15-19)17-10-12-25-13-11-17)27-22-14-18(6-8-20(22)24(29)30)16-4-2-1-3-5-16;1-23(2,3)29-22(28)18-11-9-16(15-7-5-4-6-8-15)13-19(18)26-21(27)17-10-12-20(24)25-14-17;/h4-18H,1-3H3,(H,31,32);1-15H,(H,27,28)(H,29,30);4-14H,1-3H3,(H,26,27);/q;;;+1/p-1. The van der Waals surface area contributed by atoms with Crippen LogP contribution >= 0.6 is 11.6 Å². The van der Waals surface area contributed by atoms with Crippen molar-refractivity contribution in [3.8, 4) is 55.9 Å². The molecular formula is C75H62ClN8NaO9. The predicted molar refractivity (Wildman–Crippen MR) is 358 cm³/mol. The first-order valence-electron chi connectivity index (χ1n) is 29.2. The Bertz CT molecular complexity index is 4430. The van der Waals surface area contributed by atoms with Gasteiger partial charge < -0.3 is 35.3 Å². The number of halogens is 1. The van der Waals surface area contributed by atoms with E-state index in [-0.39, 0.29) is 57.8 Å². The van der Waals surface area contributed by atoms with E-state index in [1.54, 1.807) is 133 Å². The number of anilines is 3. The van der Waals surface area contributed by atoms with Gasteiger partial charge in [-0.1, -0.05) is 127 Å². The first-order valence-corrected chi connectivity index (χ1v) is 29.6. The first kappa shape index (κ1) is 69.1. The number of ether oxygens (including phenoxy) is 2. The van der Waals surface area contributed by atoms with Gasteiger partial charge in [0.15, 0.2) is 0 Å². The predicted octanol–water partition coefficient (Wildman–Crippen LogP) is 12.1. The van der Waals surface area contributed by atoms with Gasteiger partial charge in [-0.2, -0.15) is 0 Å². The smallest absolute Gasteiger partial charge is 0.545 e. The number of aromatic nitrogens is 5. The molecule has 0 aliphatic rings. The van der Waals surface area contributed by atoms with Crippen LogP contribution in [0, 0.1) is 0 Å². The van der Waals surface area contributed by atoms with Crippen LogP contribution in [0.4, 0.5) is 17.1 Å². The van der Waals surface area contributed by atoms with E-state index >= 15 is 0 Å². The number of hydrogen-bond donors (Lipinski definition) is 3. The summed E-state index contributed by atoms with van der Waals surface area (Å²) in [7, 11) is 0. The van der Waals surface area contributed by atoms with Gasteiger partial charge in [-0.25, -0.2) is 14.6 Å². The van der Waals surface area contributed by atoms with Crippen LogP contribution in [0.5, 0.6) is 0 Å². The van der Waals surface area contributed by atoms with Crippen LogP contribution in [0.2, 0.25) is 5.15 Å². The van der Waals surface area contributed by atoms with Crippen molar-refractivity contribution >= 4 is 64.3 Å². The van der Waals surface area contributed by atoms with Gasteiger partial charge in [-0.15, -0.1) is 0 Å². The summed E-state index contributed by atoms with van der Waals surface area (Å²) in [5.74, 6) is -3.62. The fraction of sp³-hybridized carbons (Fsp3) is 0.107. The molecule has 5 heterocycles. The zero-order chi connectivity index (χ0) is 66.1. The summed E-state index contributed by atoms with van der Waals surface area (Å²) in [4.78, 5) is 96.1. The minimum atomic E-state index is -1.36. The molecule has 0 spiro atoms. The van der Waals surface area contributed by atoms with Crippen LogP contribution < -0.4 is 50.6 Å². The molecule has 19 heteroatoms. The van der Waals surface area contributed by atoms with Gasteiger partial charge in [0.05, 0.1) is 62.2 Å². The van der Waals surface area contributed by atoms with Gasteiger partial charge in [0, 0.05) is 60.1 Å². The Labute approximate surface area is 571 Å². The molecule has 0 unspecified atom stereocenters. The fourth-order valence-electron chi connectivity index (χ4n) is 9.11. The summed E-state index contributed by atoms with van der Waals surface area (Å²) in [6, 6.07) is 61.5. The van der Waals surface area contributed by atoms with E-state index in [4.69, 9.17) is 21.1 Å². The molecule has 3 amide bonds. The van der Waals surface area contributed by atoms with E-state index in [0.29, 0.717) is 38.9 Å². The number of carboxylic acids is 1. The topological polar surface area (TPSA) is 244 Å². The number of amides is 3. The Balaban J connectivity index is 0.000000181. The Morgan fingerprint density at radius 2 is 0.691 bits per heavy atom. The summed E-state index contributed by atoms with van der Waals surface area (Å²) in [6.45, 7) is 10.8. The van der Waals surface area contributed by atoms with Crippen molar-refractivity contribution < 1.29 is 72.9 Å². The molecule has 0 fully saturated rings. The molecule has 0 saturated carbocycles. The molecule has 94 heavy (non-hydrogen) atoms. The molecule has 0 atom stereocenters. The molecule has 11 aromatic rings. The Morgan fingerprint density at radius 3 is 0.989 bits per heavy atom. The van der Waals surface area contributed by atoms with Gasteiger partial charge in [0.1, 0.15) is 16.4 Å². The van der Waals surface area contributed by atoms with Crippen LogP contribution in [-0.2, 0) is 9.47 Å². The summed E-state index contributed by atoms with van der Waals surface area (Å²) in [5, 5.41) is 20.1. The quantitative estimate of drug-likeness (QED) is 0.0521. The van der Waals surface area contributed by atoms with Crippen molar-refractivity contribution in [2.45, 2.75) is 52.7 Å². The van der Waals surface area contributed by atoms with E-state index in [2.05, 4.69) is 40.9 Å². The zero-order valence-electron chi connectivity index (χ0n) is 52.5. The molecule has 17 nitrogen and oxygen atoms in total. The molecule has 0 saturated heterocycles. The number of carboxylic acid groups (broad SMARTS) is 1. The van der Waals surface area contributed by atoms with Crippen molar-refractivity contribution in [2.75, 3.05) is 16.0 Å². The molecule has 0 bridgehead atoms. The summed E-state index contributed by atoms with van der Waals surface area (Å²) < 4.78 is 11.0. The second-order valence-corrected chi connectivity index (χ2v) is 23.1. The summed E-state index contributed by atoms with van der Waals surface area (Å²) in [6.07, 6.45) is 11.1. The molecule has 0 aliphatic heterocycles. The second kappa shape index (κ2) is 32.0. The largest absolute Gasteiger partial charge is 1.00 e. The molecule has 0 radical (unpaired) electrons. The number of nitrogens with one attached hydrogen (secondary N) is 3. The monoisotopic (exact) mass is 1280 g/mol. The van der Waals surface area contributed by atoms with Crippen LogP contribution in [0.15, 0.2) is 250 Å². The van der Waals surface area contributed by atoms with Gasteiger partial charge >= 0.3 is 41.5 Å². The van der Waals surface area contributed by atoms with Crippen LogP contribution in [0.3, 0.4) is 0 Å². The van der Waals surface area contributed by atoms with Crippen molar-refractivity contribution in [1.29, 1.82) is 0 Å². The van der Waals surface area contributed by atoms with Crippen LogP contribution in [0.1, 0.15) is 104 Å². The maximum absolute atomic E-state index is 13.1. The van der Waals surface area contributed by atoms with E-state index in [1.807, 2.05) is 127 Å². The van der Waals surface area contributed by atoms with E-state index < -0.39 is 40.9 Å². The Hall–Kier alpha value is -10.8. The minimum absolute atomic E-state index is 0. The van der Waals surface area contributed by atoms with Crippen molar-refractivity contribution in [2.24, 2.45) is 0 Å². The Kier molecular flexibility index (Phi) is 23.5. The van der Waals surface area contributed by atoms with Gasteiger partial charge in [0.2, 0.25) is 0 Å². The number of hydrogen-bond acceptors (Lipinski definition) is 14. The summed E-state index contributed by atoms with van der Waals surface area (Å²) in [5.41, 5.74) is 9.63. The number of pyridine rings is 5. The average molecular weight is 1280 g/mol. The fourth-order valence-corrected chi connectivity index (χ4v) is 9.22. The normalized spacial score (nSPS) is 10.7. The van der Waals surface area contributed by atoms with Crippen molar-refractivity contribution in [3.63, 3.8) is 0 Å². The van der Waals surface area contributed by atoms with Crippen molar-refractivity contribution in [3.05, 3.63) is 288 Å². The molecule has 464 valence electrons.